The first kappa shape index (κ1) is 8.10. The zero-order valence-electron chi connectivity index (χ0n) is 7.40. The average Bonchev–Trinajstić information content (AvgIpc) is 2.73. The van der Waals surface area contributed by atoms with Crippen LogP contribution < -0.4 is 0 Å². The molecule has 0 N–H and O–H groups in total. The Morgan fingerprint density at radius 2 is 2.00 bits per heavy atom. The number of unbranched alkanes of at least 4 members (excludes halogenated alkanes) is 1. The van der Waals surface area contributed by atoms with Crippen molar-refractivity contribution in [1.29, 1.82) is 0 Å². The molecule has 0 aromatic carbocycles. The van der Waals surface area contributed by atoms with Gasteiger partial charge in [-0.1, -0.05) is 39.5 Å². The summed E-state index contributed by atoms with van der Waals surface area (Å²) in [5, 5.41) is 0. The van der Waals surface area contributed by atoms with Crippen LogP contribution in [0.1, 0.15) is 52.4 Å². The van der Waals surface area contributed by atoms with E-state index in [0.29, 0.717) is 0 Å². The summed E-state index contributed by atoms with van der Waals surface area (Å²) in [6, 6.07) is 0. The normalized spacial score (nSPS) is 21.0. The number of hydrogen-bond donors (Lipinski definition) is 0. The van der Waals surface area contributed by atoms with Gasteiger partial charge >= 0.3 is 0 Å². The second-order valence-electron chi connectivity index (χ2n) is 3.65. The predicted octanol–water partition coefficient (Wildman–Crippen LogP) is 3.61. The van der Waals surface area contributed by atoms with E-state index in [9.17, 15) is 0 Å². The molecule has 1 rings (SSSR count). The molecule has 1 atom stereocenters. The molecule has 0 aliphatic heterocycles. The van der Waals surface area contributed by atoms with E-state index in [0.717, 1.165) is 11.8 Å². The Kier molecular flexibility index (Phi) is 3.24. The summed E-state index contributed by atoms with van der Waals surface area (Å²) in [6.07, 6.45) is 8.81. The molecule has 0 amide bonds. The number of rotatable bonds is 5. The Labute approximate surface area is 65.0 Å². The van der Waals surface area contributed by atoms with Gasteiger partial charge in [-0.2, -0.15) is 0 Å². The zero-order valence-corrected chi connectivity index (χ0v) is 7.40. The van der Waals surface area contributed by atoms with Crippen molar-refractivity contribution >= 4 is 0 Å². The Balaban J connectivity index is 2.07. The lowest BCUT2D eigenvalue weighted by atomic mass is 9.94. The third-order valence-corrected chi connectivity index (χ3v) is 2.74. The minimum atomic E-state index is 1.08. The summed E-state index contributed by atoms with van der Waals surface area (Å²) in [6.45, 7) is 4.64. The maximum absolute atomic E-state index is 2.35. The van der Waals surface area contributed by atoms with Crippen molar-refractivity contribution in [2.24, 2.45) is 11.8 Å². The van der Waals surface area contributed by atoms with Gasteiger partial charge in [-0.15, -0.1) is 0 Å². The fraction of sp³-hybridized carbons (Fsp3) is 1.00. The molecule has 0 spiro atoms. The molecule has 0 radical (unpaired) electrons. The van der Waals surface area contributed by atoms with E-state index in [1.165, 1.54) is 38.5 Å². The first-order valence-electron chi connectivity index (χ1n) is 4.88. The first-order valence-corrected chi connectivity index (χ1v) is 4.88. The molecule has 1 saturated carbocycles. The molecule has 1 fully saturated rings. The van der Waals surface area contributed by atoms with Crippen LogP contribution in [0.5, 0.6) is 0 Å². The highest BCUT2D eigenvalue weighted by Crippen LogP contribution is 2.40. The molecule has 60 valence electrons. The molecule has 0 heterocycles. The fourth-order valence-electron chi connectivity index (χ4n) is 1.81. The minimum Gasteiger partial charge on any atom is -0.0654 e. The Bertz CT molecular complexity index is 82.0. The van der Waals surface area contributed by atoms with Gasteiger partial charge in [0.15, 0.2) is 0 Å². The van der Waals surface area contributed by atoms with Gasteiger partial charge in [0, 0.05) is 0 Å². The van der Waals surface area contributed by atoms with Gasteiger partial charge in [0.1, 0.15) is 0 Å². The Morgan fingerprint density at radius 3 is 2.40 bits per heavy atom. The van der Waals surface area contributed by atoms with Gasteiger partial charge < -0.3 is 0 Å². The smallest absolute Gasteiger partial charge is 0.0386 e. The average molecular weight is 140 g/mol. The van der Waals surface area contributed by atoms with Gasteiger partial charge in [-0.25, -0.2) is 0 Å². The van der Waals surface area contributed by atoms with Gasteiger partial charge in [-0.05, 0) is 24.7 Å². The Morgan fingerprint density at radius 1 is 1.30 bits per heavy atom. The van der Waals surface area contributed by atoms with Crippen LogP contribution in [0.25, 0.3) is 0 Å². The summed E-state index contributed by atoms with van der Waals surface area (Å²) < 4.78 is 0. The van der Waals surface area contributed by atoms with Gasteiger partial charge in [0.2, 0.25) is 0 Å². The van der Waals surface area contributed by atoms with Crippen LogP contribution in [0, 0.1) is 11.8 Å². The van der Waals surface area contributed by atoms with Gasteiger partial charge in [-0.3, -0.25) is 0 Å². The highest BCUT2D eigenvalue weighted by molar-refractivity contribution is 4.80. The van der Waals surface area contributed by atoms with Crippen LogP contribution in [-0.2, 0) is 0 Å². The Hall–Kier alpha value is 0. The maximum atomic E-state index is 2.35. The van der Waals surface area contributed by atoms with Crippen molar-refractivity contribution < 1.29 is 0 Å². The molecule has 0 bridgehead atoms. The summed E-state index contributed by atoms with van der Waals surface area (Å²) in [5.41, 5.74) is 0. The minimum absolute atomic E-state index is 1.08. The van der Waals surface area contributed by atoms with E-state index < -0.39 is 0 Å². The van der Waals surface area contributed by atoms with Crippen LogP contribution in [0.15, 0.2) is 0 Å². The molecular weight excluding hydrogens is 120 g/mol. The second kappa shape index (κ2) is 4.00. The molecule has 0 saturated heterocycles. The largest absolute Gasteiger partial charge is 0.0654 e. The van der Waals surface area contributed by atoms with Crippen LogP contribution in [-0.4, -0.2) is 0 Å². The monoisotopic (exact) mass is 140 g/mol. The molecular formula is C10H20. The highest BCUT2D eigenvalue weighted by Gasteiger charge is 2.28. The van der Waals surface area contributed by atoms with E-state index >= 15 is 0 Å². The topological polar surface area (TPSA) is 0 Å². The molecule has 1 unspecified atom stereocenters. The molecule has 1 aliphatic carbocycles. The van der Waals surface area contributed by atoms with Crippen molar-refractivity contribution in [2.45, 2.75) is 52.4 Å². The van der Waals surface area contributed by atoms with E-state index in [1.807, 2.05) is 0 Å². The third kappa shape index (κ3) is 2.32. The first-order chi connectivity index (χ1) is 4.88. The SMILES string of the molecule is CCCCC(CC)C1CC1. The van der Waals surface area contributed by atoms with Gasteiger partial charge in [0.05, 0.1) is 0 Å². The van der Waals surface area contributed by atoms with Gasteiger partial charge in [0.25, 0.3) is 0 Å². The summed E-state index contributed by atoms with van der Waals surface area (Å²) >= 11 is 0. The standard InChI is InChI=1S/C10H20/c1-3-5-6-9(4-2)10-7-8-10/h9-10H,3-8H2,1-2H3. The lowest BCUT2D eigenvalue weighted by Gasteiger charge is -2.11. The third-order valence-electron chi connectivity index (χ3n) is 2.74. The maximum Gasteiger partial charge on any atom is -0.0386 e. The summed E-state index contributed by atoms with van der Waals surface area (Å²) in [7, 11) is 0. The van der Waals surface area contributed by atoms with Crippen LogP contribution in [0.4, 0.5) is 0 Å². The zero-order chi connectivity index (χ0) is 7.40. The molecule has 0 aromatic rings. The van der Waals surface area contributed by atoms with Crippen molar-refractivity contribution in [1.82, 2.24) is 0 Å². The second-order valence-corrected chi connectivity index (χ2v) is 3.65. The summed E-state index contributed by atoms with van der Waals surface area (Å²) in [5.74, 6) is 2.22. The van der Waals surface area contributed by atoms with Crippen molar-refractivity contribution in [2.75, 3.05) is 0 Å². The van der Waals surface area contributed by atoms with E-state index in [2.05, 4.69) is 13.8 Å². The van der Waals surface area contributed by atoms with Crippen molar-refractivity contribution in [3.63, 3.8) is 0 Å². The van der Waals surface area contributed by atoms with Crippen molar-refractivity contribution in [3.8, 4) is 0 Å². The van der Waals surface area contributed by atoms with Crippen LogP contribution >= 0.6 is 0 Å². The van der Waals surface area contributed by atoms with E-state index in [-0.39, 0.29) is 0 Å². The van der Waals surface area contributed by atoms with Crippen LogP contribution in [0.2, 0.25) is 0 Å². The summed E-state index contributed by atoms with van der Waals surface area (Å²) in [4.78, 5) is 0. The number of hydrogen-bond acceptors (Lipinski definition) is 0. The lowest BCUT2D eigenvalue weighted by Crippen LogP contribution is -2.00. The molecule has 0 nitrogen and oxygen atoms in total. The van der Waals surface area contributed by atoms with Crippen LogP contribution in [0.3, 0.4) is 0 Å². The predicted molar refractivity (Wildman–Crippen MR) is 46.0 cm³/mol. The fourth-order valence-corrected chi connectivity index (χ4v) is 1.81. The van der Waals surface area contributed by atoms with Crippen molar-refractivity contribution in [3.05, 3.63) is 0 Å². The van der Waals surface area contributed by atoms with E-state index in [1.54, 1.807) is 0 Å². The molecule has 1 aliphatic rings. The molecule has 10 heavy (non-hydrogen) atoms. The lowest BCUT2D eigenvalue weighted by molar-refractivity contribution is 0.401. The highest BCUT2D eigenvalue weighted by atomic mass is 14.3. The molecule has 0 heteroatoms. The molecule has 0 aromatic heterocycles. The van der Waals surface area contributed by atoms with E-state index in [4.69, 9.17) is 0 Å². The quantitative estimate of drug-likeness (QED) is 0.547.